The minimum atomic E-state index is -0.328. The Balaban J connectivity index is 0.00000220. The number of nitrogens with two attached hydrogens (primary N) is 1. The number of aliphatic imine (C=N–C) groups is 1. The lowest BCUT2D eigenvalue weighted by Crippen LogP contribution is -2.39. The van der Waals surface area contributed by atoms with Crippen molar-refractivity contribution in [3.05, 3.63) is 0 Å². The molecule has 0 amide bonds. The zero-order chi connectivity index (χ0) is 14.6. The molecule has 0 aromatic rings. The molecular weight excluding hydrogens is 381 g/mol. The summed E-state index contributed by atoms with van der Waals surface area (Å²) in [6.07, 6.45) is 5.46. The lowest BCUT2D eigenvalue weighted by atomic mass is 9.86. The van der Waals surface area contributed by atoms with Crippen LogP contribution in [0, 0.1) is 5.92 Å². The van der Waals surface area contributed by atoms with Gasteiger partial charge in [0.2, 0.25) is 0 Å². The van der Waals surface area contributed by atoms with Gasteiger partial charge in [-0.15, -0.1) is 24.0 Å². The van der Waals surface area contributed by atoms with Crippen molar-refractivity contribution in [1.82, 2.24) is 5.32 Å². The average Bonchev–Trinajstić information content (AvgIpc) is 2.83. The molecule has 2 atom stereocenters. The van der Waals surface area contributed by atoms with Gasteiger partial charge in [0.1, 0.15) is 6.10 Å². The minimum absolute atomic E-state index is 0. The highest BCUT2D eigenvalue weighted by Gasteiger charge is 2.43. The van der Waals surface area contributed by atoms with Gasteiger partial charge in [-0.25, -0.2) is 0 Å². The Kier molecular flexibility index (Phi) is 7.70. The van der Waals surface area contributed by atoms with Gasteiger partial charge >= 0.3 is 0 Å². The third kappa shape index (κ3) is 5.56. The molecule has 2 unspecified atom stereocenters. The van der Waals surface area contributed by atoms with Gasteiger partial charge in [-0.05, 0) is 32.1 Å². The molecule has 0 bridgehead atoms. The zero-order valence-electron chi connectivity index (χ0n) is 13.4. The number of guanidine groups is 1. The molecule has 2 aliphatic rings. The molecule has 1 heterocycles. The quantitative estimate of drug-likeness (QED) is 0.424. The summed E-state index contributed by atoms with van der Waals surface area (Å²) in [5.74, 6) is 0.965. The van der Waals surface area contributed by atoms with E-state index >= 15 is 0 Å². The minimum Gasteiger partial charge on any atom is -0.370 e. The average molecular weight is 411 g/mol. The first-order valence-electron chi connectivity index (χ1n) is 7.91. The van der Waals surface area contributed by atoms with E-state index in [1.165, 1.54) is 12.8 Å². The van der Waals surface area contributed by atoms with E-state index in [0.29, 0.717) is 25.2 Å². The Bertz CT molecular complexity index is 344. The highest BCUT2D eigenvalue weighted by atomic mass is 127. The number of nitrogens with one attached hydrogen (secondary N) is 1. The van der Waals surface area contributed by atoms with Gasteiger partial charge in [-0.1, -0.05) is 13.8 Å². The van der Waals surface area contributed by atoms with Gasteiger partial charge in [0, 0.05) is 18.9 Å². The molecule has 6 heteroatoms. The van der Waals surface area contributed by atoms with Gasteiger partial charge in [0.15, 0.2) is 11.7 Å². The summed E-state index contributed by atoms with van der Waals surface area (Å²) in [5.41, 5.74) is 5.86. The third-order valence-electron chi connectivity index (χ3n) is 4.42. The Morgan fingerprint density at radius 1 is 1.43 bits per heavy atom. The van der Waals surface area contributed by atoms with Crippen LogP contribution < -0.4 is 11.1 Å². The molecule has 5 nitrogen and oxygen atoms in total. The summed E-state index contributed by atoms with van der Waals surface area (Å²) in [4.78, 5) is 4.37. The van der Waals surface area contributed by atoms with Crippen LogP contribution in [0.2, 0.25) is 0 Å². The van der Waals surface area contributed by atoms with Crippen LogP contribution >= 0.6 is 24.0 Å². The molecule has 1 aliphatic heterocycles. The number of nitrogens with zero attached hydrogens (tertiary/aromatic N) is 1. The highest BCUT2D eigenvalue weighted by molar-refractivity contribution is 14.0. The van der Waals surface area contributed by atoms with Crippen LogP contribution in [0.1, 0.15) is 52.9 Å². The van der Waals surface area contributed by atoms with Crippen LogP contribution in [0.15, 0.2) is 4.99 Å². The molecule has 0 aromatic carbocycles. The molecular formula is C15H30IN3O2. The first-order valence-corrected chi connectivity index (χ1v) is 7.91. The predicted molar refractivity (Wildman–Crippen MR) is 96.0 cm³/mol. The van der Waals surface area contributed by atoms with Crippen molar-refractivity contribution in [2.75, 3.05) is 13.2 Å². The number of hydrogen-bond acceptors (Lipinski definition) is 3. The van der Waals surface area contributed by atoms with Gasteiger partial charge in [-0.2, -0.15) is 0 Å². The first-order chi connectivity index (χ1) is 9.53. The Labute approximate surface area is 145 Å². The van der Waals surface area contributed by atoms with Crippen molar-refractivity contribution in [1.29, 1.82) is 0 Å². The summed E-state index contributed by atoms with van der Waals surface area (Å²) in [6, 6.07) is 0.352. The van der Waals surface area contributed by atoms with Crippen molar-refractivity contribution in [2.45, 2.75) is 70.8 Å². The third-order valence-corrected chi connectivity index (χ3v) is 4.42. The van der Waals surface area contributed by atoms with Gasteiger partial charge < -0.3 is 20.5 Å². The van der Waals surface area contributed by atoms with E-state index in [0.717, 1.165) is 25.2 Å². The summed E-state index contributed by atoms with van der Waals surface area (Å²) in [7, 11) is 0. The molecule has 21 heavy (non-hydrogen) atoms. The Morgan fingerprint density at radius 2 is 2.10 bits per heavy atom. The first kappa shape index (κ1) is 19.0. The Morgan fingerprint density at radius 3 is 2.71 bits per heavy atom. The monoisotopic (exact) mass is 411 g/mol. The maximum atomic E-state index is 6.11. The molecule has 0 aromatic heterocycles. The van der Waals surface area contributed by atoms with Gasteiger partial charge in [0.25, 0.3) is 0 Å². The molecule has 2 rings (SSSR count). The summed E-state index contributed by atoms with van der Waals surface area (Å²) in [5, 5.41) is 3.16. The van der Waals surface area contributed by atoms with E-state index in [9.17, 15) is 0 Å². The van der Waals surface area contributed by atoms with Gasteiger partial charge in [0.05, 0.1) is 13.2 Å². The van der Waals surface area contributed by atoms with Crippen molar-refractivity contribution < 1.29 is 9.47 Å². The standard InChI is InChI=1S/C15H29N3O2.HI/c1-4-12(3)18-14(16)17-9-13-10-19-15(20-13)7-5-11(2)6-8-15;/h11-13H,4-10H2,1-3H3,(H3,16,17,18);1H. The second-order valence-electron chi connectivity index (χ2n) is 6.32. The summed E-state index contributed by atoms with van der Waals surface area (Å²) in [6.45, 7) is 7.72. The summed E-state index contributed by atoms with van der Waals surface area (Å²) < 4.78 is 12.0. The van der Waals surface area contributed by atoms with E-state index in [-0.39, 0.29) is 35.9 Å². The fourth-order valence-corrected chi connectivity index (χ4v) is 2.77. The second-order valence-corrected chi connectivity index (χ2v) is 6.32. The molecule has 0 radical (unpaired) electrons. The van der Waals surface area contributed by atoms with Gasteiger partial charge in [-0.3, -0.25) is 4.99 Å². The molecule has 3 N–H and O–H groups in total. The van der Waals surface area contributed by atoms with Crippen LogP contribution in [0.3, 0.4) is 0 Å². The van der Waals surface area contributed by atoms with Crippen LogP contribution in [-0.2, 0) is 9.47 Å². The SMILES string of the molecule is CCC(C)NC(N)=NCC1COC2(CCC(C)CC2)O1.I. The number of halogens is 1. The fourth-order valence-electron chi connectivity index (χ4n) is 2.77. The van der Waals surface area contributed by atoms with Crippen LogP contribution in [0.4, 0.5) is 0 Å². The predicted octanol–water partition coefficient (Wildman–Crippen LogP) is 2.63. The number of ether oxygens (including phenoxy) is 2. The van der Waals surface area contributed by atoms with E-state index in [1.54, 1.807) is 0 Å². The molecule has 1 aliphatic carbocycles. The highest BCUT2D eigenvalue weighted by Crippen LogP contribution is 2.39. The van der Waals surface area contributed by atoms with E-state index < -0.39 is 0 Å². The van der Waals surface area contributed by atoms with Crippen molar-refractivity contribution >= 4 is 29.9 Å². The molecule has 2 fully saturated rings. The lowest BCUT2D eigenvalue weighted by molar-refractivity contribution is -0.190. The van der Waals surface area contributed by atoms with Crippen LogP contribution in [-0.4, -0.2) is 37.0 Å². The smallest absolute Gasteiger partial charge is 0.188 e. The largest absolute Gasteiger partial charge is 0.370 e. The maximum absolute atomic E-state index is 6.11. The van der Waals surface area contributed by atoms with Crippen molar-refractivity contribution in [3.63, 3.8) is 0 Å². The number of hydrogen-bond donors (Lipinski definition) is 2. The molecule has 1 saturated heterocycles. The topological polar surface area (TPSA) is 68.9 Å². The van der Waals surface area contributed by atoms with Crippen molar-refractivity contribution in [3.8, 4) is 0 Å². The second kappa shape index (κ2) is 8.53. The summed E-state index contributed by atoms with van der Waals surface area (Å²) >= 11 is 0. The number of rotatable bonds is 4. The molecule has 1 saturated carbocycles. The van der Waals surface area contributed by atoms with Crippen molar-refractivity contribution in [2.24, 2.45) is 16.6 Å². The van der Waals surface area contributed by atoms with Crippen LogP contribution in [0.25, 0.3) is 0 Å². The van der Waals surface area contributed by atoms with E-state index in [4.69, 9.17) is 15.2 Å². The lowest BCUT2D eigenvalue weighted by Gasteiger charge is -2.34. The van der Waals surface area contributed by atoms with E-state index in [2.05, 4.69) is 31.1 Å². The fraction of sp³-hybridized carbons (Fsp3) is 0.933. The molecule has 124 valence electrons. The van der Waals surface area contributed by atoms with Crippen LogP contribution in [0.5, 0.6) is 0 Å². The molecule has 1 spiro atoms. The Hall–Kier alpha value is -0.0800. The van der Waals surface area contributed by atoms with E-state index in [1.807, 2.05) is 0 Å². The zero-order valence-corrected chi connectivity index (χ0v) is 15.8. The normalized spacial score (nSPS) is 34.5. The maximum Gasteiger partial charge on any atom is 0.188 e.